The van der Waals surface area contributed by atoms with E-state index in [-0.39, 0.29) is 34.6 Å². The molecule has 2 heterocycles. The first-order chi connectivity index (χ1) is 17.9. The molecule has 0 aliphatic heterocycles. The van der Waals surface area contributed by atoms with Crippen LogP contribution < -0.4 is 16.0 Å². The molecule has 0 saturated heterocycles. The van der Waals surface area contributed by atoms with E-state index in [9.17, 15) is 27.6 Å². The fourth-order valence-corrected chi connectivity index (χ4v) is 5.63. The lowest BCUT2D eigenvalue weighted by molar-refractivity contribution is -0.149. The number of esters is 1. The molecule has 0 unspecified atom stereocenters. The van der Waals surface area contributed by atoms with Crippen molar-refractivity contribution in [3.63, 3.8) is 0 Å². The van der Waals surface area contributed by atoms with E-state index in [1.807, 2.05) is 0 Å². The van der Waals surface area contributed by atoms with Gasteiger partial charge in [0.2, 0.25) is 10.2 Å². The molecule has 3 rings (SSSR count). The molecule has 1 amide bonds. The number of ether oxygens (including phenoxy) is 1. The normalized spacial score (nSPS) is 11.4. The number of carbonyl (C=O) groups is 2. The number of sulfonamides is 1. The second-order valence-electron chi connectivity index (χ2n) is 7.71. The molecule has 0 aliphatic carbocycles. The summed E-state index contributed by atoms with van der Waals surface area (Å²) in [7, 11) is -4.14. The average molecular weight is 605 g/mol. The third-order valence-corrected chi connectivity index (χ3v) is 8.29. The Balaban J connectivity index is 1.72. The Hall–Kier alpha value is -3.11. The minimum absolute atomic E-state index is 0.0715. The molecule has 0 fully saturated rings. The fraction of sp³-hybridized carbons (Fsp3) is 0.333. The molecule has 13 nitrogen and oxygen atoms in total. The first-order valence-electron chi connectivity index (χ1n) is 10.9. The molecule has 204 valence electrons. The van der Waals surface area contributed by atoms with Crippen LogP contribution in [-0.2, 0) is 30.9 Å². The van der Waals surface area contributed by atoms with Crippen LogP contribution in [0.1, 0.15) is 12.5 Å². The summed E-state index contributed by atoms with van der Waals surface area (Å²) in [6.07, 6.45) is 1.21. The largest absolute Gasteiger partial charge is 0.465 e. The van der Waals surface area contributed by atoms with Gasteiger partial charge in [-0.3, -0.25) is 23.9 Å². The third-order valence-electron chi connectivity index (χ3n) is 4.94. The lowest BCUT2D eigenvalue weighted by atomic mass is 10.2. The molecule has 0 radical (unpaired) electrons. The van der Waals surface area contributed by atoms with Crippen LogP contribution in [0.4, 0.5) is 0 Å². The van der Waals surface area contributed by atoms with Crippen molar-refractivity contribution >= 4 is 56.4 Å². The number of hydrogen-bond acceptors (Lipinski definition) is 10. The number of nitrogens with one attached hydrogen (secondary N) is 2. The van der Waals surface area contributed by atoms with E-state index in [0.29, 0.717) is 15.6 Å². The van der Waals surface area contributed by atoms with E-state index >= 15 is 0 Å². The number of rotatable bonds is 11. The molecule has 1 aromatic carbocycles. The number of amides is 1. The number of aryl methyl sites for hydroxylation is 1. The van der Waals surface area contributed by atoms with Crippen LogP contribution in [0.3, 0.4) is 0 Å². The summed E-state index contributed by atoms with van der Waals surface area (Å²) in [5.74, 6) is -1.40. The van der Waals surface area contributed by atoms with E-state index in [1.54, 1.807) is 19.1 Å². The highest BCUT2D eigenvalue weighted by atomic mass is 35.5. The van der Waals surface area contributed by atoms with Gasteiger partial charge >= 0.3 is 11.7 Å². The van der Waals surface area contributed by atoms with Crippen LogP contribution in [0.15, 0.2) is 38.3 Å². The summed E-state index contributed by atoms with van der Waals surface area (Å²) in [5, 5.41) is 8.52. The van der Waals surface area contributed by atoms with Gasteiger partial charge in [-0.25, -0.2) is 17.9 Å². The zero-order chi connectivity index (χ0) is 28.0. The second-order valence-corrected chi connectivity index (χ2v) is 11.5. The van der Waals surface area contributed by atoms with Crippen molar-refractivity contribution in [1.82, 2.24) is 29.4 Å². The maximum absolute atomic E-state index is 12.9. The maximum atomic E-state index is 12.9. The molecule has 0 atom stereocenters. The van der Waals surface area contributed by atoms with E-state index in [2.05, 4.69) is 19.9 Å². The molecule has 0 bridgehead atoms. The Kier molecular flexibility index (Phi) is 9.78. The van der Waals surface area contributed by atoms with Crippen molar-refractivity contribution in [1.29, 1.82) is 0 Å². The summed E-state index contributed by atoms with van der Waals surface area (Å²) in [5.41, 5.74) is -0.777. The van der Waals surface area contributed by atoms with Crippen molar-refractivity contribution in [3.05, 3.63) is 60.8 Å². The lowest BCUT2D eigenvalue weighted by Crippen LogP contribution is -2.44. The smallest absolute Gasteiger partial charge is 0.328 e. The van der Waals surface area contributed by atoms with Crippen LogP contribution in [-0.4, -0.2) is 71.2 Å². The number of hydrogen-bond donors (Lipinski definition) is 2. The Bertz CT molecular complexity index is 1570. The summed E-state index contributed by atoms with van der Waals surface area (Å²) in [6, 6.07) is 4.65. The van der Waals surface area contributed by atoms with Crippen LogP contribution in [0.25, 0.3) is 10.6 Å². The van der Waals surface area contributed by atoms with Crippen molar-refractivity contribution in [2.75, 3.05) is 26.2 Å². The van der Waals surface area contributed by atoms with Gasteiger partial charge in [0.25, 0.3) is 15.6 Å². The van der Waals surface area contributed by atoms with Crippen molar-refractivity contribution in [2.24, 2.45) is 0 Å². The summed E-state index contributed by atoms with van der Waals surface area (Å²) in [4.78, 5) is 51.7. The molecule has 17 heteroatoms. The SMILES string of the molecule is CCOC(=O)CN(CCNS(=O)(=O)c1nnc(-c2cc(Cl)ccc2Cl)s1)C(=O)Cn1cc(C)c(=O)[nH]c1=O. The van der Waals surface area contributed by atoms with Crippen LogP contribution >= 0.6 is 34.5 Å². The van der Waals surface area contributed by atoms with Gasteiger partial charge in [-0.15, -0.1) is 10.2 Å². The molecule has 0 spiro atoms. The predicted octanol–water partition coefficient (Wildman–Crippen LogP) is 1.04. The molecule has 2 N–H and O–H groups in total. The molecule has 38 heavy (non-hydrogen) atoms. The Morgan fingerprint density at radius 1 is 1.24 bits per heavy atom. The van der Waals surface area contributed by atoms with E-state index < -0.39 is 46.2 Å². The minimum Gasteiger partial charge on any atom is -0.465 e. The van der Waals surface area contributed by atoms with Gasteiger partial charge in [0.15, 0.2) is 0 Å². The molecule has 3 aromatic rings. The first-order valence-corrected chi connectivity index (χ1v) is 14.0. The zero-order valence-corrected chi connectivity index (χ0v) is 23.2. The lowest BCUT2D eigenvalue weighted by Gasteiger charge is -2.22. The van der Waals surface area contributed by atoms with Gasteiger partial charge < -0.3 is 9.64 Å². The Morgan fingerprint density at radius 3 is 2.68 bits per heavy atom. The van der Waals surface area contributed by atoms with E-state index in [4.69, 9.17) is 27.9 Å². The number of nitrogens with zero attached hydrogens (tertiary/aromatic N) is 4. The van der Waals surface area contributed by atoms with Crippen LogP contribution in [0, 0.1) is 6.92 Å². The first kappa shape index (κ1) is 29.4. The van der Waals surface area contributed by atoms with Crippen LogP contribution in [0.5, 0.6) is 0 Å². The third kappa shape index (κ3) is 7.48. The molecule has 0 saturated carbocycles. The standard InChI is InChI=1S/C21H22Cl2N6O7S2/c1-3-36-17(31)11-28(16(30)10-29-9-12(2)18(32)25-20(29)33)7-6-24-38(34,35)21-27-26-19(37-21)14-8-13(22)4-5-15(14)23/h4-5,8-9,24H,3,6-7,10-11H2,1-2H3,(H,25,32,33). The number of H-pyrrole nitrogens is 1. The molecular formula is C21H22Cl2N6O7S2. The van der Waals surface area contributed by atoms with Gasteiger partial charge in [-0.1, -0.05) is 34.5 Å². The highest BCUT2D eigenvalue weighted by molar-refractivity contribution is 7.91. The number of halogens is 2. The second kappa shape index (κ2) is 12.6. The van der Waals surface area contributed by atoms with Gasteiger partial charge in [-0.05, 0) is 32.0 Å². The fourth-order valence-electron chi connectivity index (χ4n) is 3.10. The minimum atomic E-state index is -4.14. The van der Waals surface area contributed by atoms with Gasteiger partial charge in [0, 0.05) is 35.4 Å². The summed E-state index contributed by atoms with van der Waals surface area (Å²) in [6.45, 7) is 1.61. The number of carbonyl (C=O) groups excluding carboxylic acids is 2. The monoisotopic (exact) mass is 604 g/mol. The molecule has 0 aliphatic rings. The maximum Gasteiger partial charge on any atom is 0.328 e. The molecule has 2 aromatic heterocycles. The quantitative estimate of drug-likeness (QED) is 0.303. The van der Waals surface area contributed by atoms with E-state index in [0.717, 1.165) is 20.8 Å². The highest BCUT2D eigenvalue weighted by Gasteiger charge is 2.24. The van der Waals surface area contributed by atoms with Gasteiger partial charge in [0.05, 0.1) is 11.6 Å². The zero-order valence-electron chi connectivity index (χ0n) is 20.1. The average Bonchev–Trinajstić information content (AvgIpc) is 3.34. The number of benzene rings is 1. The van der Waals surface area contributed by atoms with Crippen molar-refractivity contribution in [3.8, 4) is 10.6 Å². The van der Waals surface area contributed by atoms with Gasteiger partial charge in [0.1, 0.15) is 18.1 Å². The summed E-state index contributed by atoms with van der Waals surface area (Å²) >= 11 is 12.9. The Morgan fingerprint density at radius 2 is 1.97 bits per heavy atom. The molecular weight excluding hydrogens is 583 g/mol. The van der Waals surface area contributed by atoms with Crippen molar-refractivity contribution in [2.45, 2.75) is 24.7 Å². The predicted molar refractivity (Wildman–Crippen MR) is 140 cm³/mol. The van der Waals surface area contributed by atoms with Gasteiger partial charge in [-0.2, -0.15) is 0 Å². The highest BCUT2D eigenvalue weighted by Crippen LogP contribution is 2.33. The number of aromatic amines is 1. The van der Waals surface area contributed by atoms with E-state index in [1.165, 1.54) is 19.2 Å². The topological polar surface area (TPSA) is 173 Å². The Labute approximate surface area is 230 Å². The van der Waals surface area contributed by atoms with Crippen molar-refractivity contribution < 1.29 is 22.7 Å². The van der Waals surface area contributed by atoms with Crippen LogP contribution in [0.2, 0.25) is 10.0 Å². The number of aromatic nitrogens is 4. The summed E-state index contributed by atoms with van der Waals surface area (Å²) < 4.78 is 33.4.